The predicted octanol–water partition coefficient (Wildman–Crippen LogP) is 0.413. The Morgan fingerprint density at radius 2 is 2.00 bits per heavy atom. The summed E-state index contributed by atoms with van der Waals surface area (Å²) in [6, 6.07) is 6.86. The van der Waals surface area contributed by atoms with Gasteiger partial charge in [-0.1, -0.05) is 12.1 Å². The normalized spacial score (nSPS) is 21.3. The van der Waals surface area contributed by atoms with Gasteiger partial charge in [0.15, 0.2) is 0 Å². The van der Waals surface area contributed by atoms with Crippen LogP contribution in [0.4, 0.5) is 5.69 Å². The Kier molecular flexibility index (Phi) is 3.89. The van der Waals surface area contributed by atoms with E-state index in [1.807, 2.05) is 0 Å². The van der Waals surface area contributed by atoms with Crippen molar-refractivity contribution in [3.63, 3.8) is 0 Å². The van der Waals surface area contributed by atoms with Gasteiger partial charge in [-0.25, -0.2) is 12.7 Å². The van der Waals surface area contributed by atoms with E-state index in [1.54, 1.807) is 24.3 Å². The van der Waals surface area contributed by atoms with Crippen LogP contribution in [0.1, 0.15) is 12.0 Å². The molecule has 0 aliphatic carbocycles. The van der Waals surface area contributed by atoms with Crippen LogP contribution >= 0.6 is 0 Å². The van der Waals surface area contributed by atoms with Gasteiger partial charge >= 0.3 is 0 Å². The van der Waals surface area contributed by atoms with E-state index in [4.69, 9.17) is 10.8 Å². The Balaban J connectivity index is 2.06. The van der Waals surface area contributed by atoms with Gasteiger partial charge in [0.25, 0.3) is 0 Å². The lowest BCUT2D eigenvalue weighted by atomic mass is 10.1. The highest BCUT2D eigenvalue weighted by atomic mass is 32.2. The molecule has 1 aliphatic rings. The van der Waals surface area contributed by atoms with E-state index < -0.39 is 10.0 Å². The topological polar surface area (TPSA) is 83.6 Å². The minimum Gasteiger partial charge on any atom is -0.399 e. The van der Waals surface area contributed by atoms with E-state index in [9.17, 15) is 8.42 Å². The quantitative estimate of drug-likeness (QED) is 0.776. The van der Waals surface area contributed by atoms with Crippen molar-refractivity contribution in [1.82, 2.24) is 4.31 Å². The number of hydrogen-bond acceptors (Lipinski definition) is 4. The molecular formula is C12H18N2O3S. The molecule has 0 saturated carbocycles. The number of nitrogens with two attached hydrogens (primary N) is 1. The Bertz CT molecular complexity index is 499. The molecule has 3 N–H and O–H groups in total. The third kappa shape index (κ3) is 3.01. The van der Waals surface area contributed by atoms with Crippen molar-refractivity contribution in [1.29, 1.82) is 0 Å². The molecule has 5 nitrogen and oxygen atoms in total. The summed E-state index contributed by atoms with van der Waals surface area (Å²) in [6.45, 7) is 0.976. The standard InChI is InChI=1S/C12H18N2O3S/c13-12-3-1-10(2-4-12)9-18(16,17)14-6-5-11(7-14)8-15/h1-4,11,15H,5-9,13H2. The largest absolute Gasteiger partial charge is 0.399 e. The summed E-state index contributed by atoms with van der Waals surface area (Å²) >= 11 is 0. The summed E-state index contributed by atoms with van der Waals surface area (Å²) in [4.78, 5) is 0. The first-order chi connectivity index (χ1) is 8.51. The number of aliphatic hydroxyl groups is 1. The summed E-state index contributed by atoms with van der Waals surface area (Å²) in [5.74, 6) is 0.0667. The zero-order valence-electron chi connectivity index (χ0n) is 10.1. The van der Waals surface area contributed by atoms with Crippen LogP contribution in [-0.4, -0.2) is 37.5 Å². The molecule has 1 heterocycles. The molecule has 1 fully saturated rings. The number of benzene rings is 1. The molecule has 2 rings (SSSR count). The number of rotatable bonds is 4. The number of anilines is 1. The van der Waals surface area contributed by atoms with Crippen LogP contribution in [0.25, 0.3) is 0 Å². The Morgan fingerprint density at radius 1 is 1.33 bits per heavy atom. The van der Waals surface area contributed by atoms with Crippen molar-refractivity contribution in [3.05, 3.63) is 29.8 Å². The molecule has 0 aromatic heterocycles. The van der Waals surface area contributed by atoms with E-state index in [0.29, 0.717) is 18.8 Å². The van der Waals surface area contributed by atoms with Crippen molar-refractivity contribution in [2.75, 3.05) is 25.4 Å². The second-order valence-electron chi connectivity index (χ2n) is 4.69. The number of hydrogen-bond donors (Lipinski definition) is 2. The summed E-state index contributed by atoms with van der Waals surface area (Å²) in [5, 5.41) is 9.03. The van der Waals surface area contributed by atoms with Crippen LogP contribution in [0.3, 0.4) is 0 Å². The monoisotopic (exact) mass is 270 g/mol. The van der Waals surface area contributed by atoms with E-state index in [0.717, 1.165) is 12.0 Å². The highest BCUT2D eigenvalue weighted by Crippen LogP contribution is 2.21. The SMILES string of the molecule is Nc1ccc(CS(=O)(=O)N2CCC(CO)C2)cc1. The van der Waals surface area contributed by atoms with Gasteiger partial charge in [-0.15, -0.1) is 0 Å². The van der Waals surface area contributed by atoms with E-state index in [2.05, 4.69) is 0 Å². The third-order valence-corrected chi connectivity index (χ3v) is 5.05. The summed E-state index contributed by atoms with van der Waals surface area (Å²) in [5.41, 5.74) is 6.92. The summed E-state index contributed by atoms with van der Waals surface area (Å²) in [6.07, 6.45) is 0.734. The van der Waals surface area contributed by atoms with Gasteiger partial charge in [0, 0.05) is 25.4 Å². The molecule has 1 saturated heterocycles. The average Bonchev–Trinajstić information content (AvgIpc) is 2.81. The van der Waals surface area contributed by atoms with Crippen LogP contribution in [-0.2, 0) is 15.8 Å². The molecule has 0 amide bonds. The molecule has 1 atom stereocenters. The minimum absolute atomic E-state index is 0.00850. The second kappa shape index (κ2) is 5.26. The lowest BCUT2D eigenvalue weighted by Gasteiger charge is -2.16. The number of nitrogens with zero attached hydrogens (tertiary/aromatic N) is 1. The molecule has 6 heteroatoms. The average molecular weight is 270 g/mol. The Morgan fingerprint density at radius 3 is 2.56 bits per heavy atom. The number of nitrogen functional groups attached to an aromatic ring is 1. The van der Waals surface area contributed by atoms with Crippen LogP contribution in [0.15, 0.2) is 24.3 Å². The molecule has 100 valence electrons. The fourth-order valence-electron chi connectivity index (χ4n) is 2.11. The van der Waals surface area contributed by atoms with Gasteiger partial charge in [0.05, 0.1) is 5.75 Å². The number of sulfonamides is 1. The van der Waals surface area contributed by atoms with E-state index >= 15 is 0 Å². The van der Waals surface area contributed by atoms with Crippen LogP contribution in [0.5, 0.6) is 0 Å². The zero-order valence-corrected chi connectivity index (χ0v) is 10.9. The van der Waals surface area contributed by atoms with Crippen molar-refractivity contribution in [3.8, 4) is 0 Å². The maximum absolute atomic E-state index is 12.2. The van der Waals surface area contributed by atoms with Crippen molar-refractivity contribution in [2.24, 2.45) is 5.92 Å². The molecule has 1 aliphatic heterocycles. The zero-order chi connectivity index (χ0) is 13.2. The Labute approximate surface area is 107 Å². The second-order valence-corrected chi connectivity index (χ2v) is 6.66. The molecule has 1 aromatic rings. The van der Waals surface area contributed by atoms with Crippen LogP contribution < -0.4 is 5.73 Å². The fraction of sp³-hybridized carbons (Fsp3) is 0.500. The predicted molar refractivity (Wildman–Crippen MR) is 70.2 cm³/mol. The first-order valence-corrected chi connectivity index (χ1v) is 7.55. The van der Waals surface area contributed by atoms with Crippen molar-refractivity contribution >= 4 is 15.7 Å². The smallest absolute Gasteiger partial charge is 0.218 e. The van der Waals surface area contributed by atoms with Crippen LogP contribution in [0, 0.1) is 5.92 Å². The molecule has 0 bridgehead atoms. The highest BCUT2D eigenvalue weighted by molar-refractivity contribution is 7.88. The molecule has 1 aromatic carbocycles. The maximum atomic E-state index is 12.2. The third-order valence-electron chi connectivity index (χ3n) is 3.23. The van der Waals surface area contributed by atoms with Gasteiger partial charge in [0.2, 0.25) is 10.0 Å². The fourth-order valence-corrected chi connectivity index (χ4v) is 3.73. The molecule has 0 radical (unpaired) electrons. The van der Waals surface area contributed by atoms with Gasteiger partial charge in [-0.2, -0.15) is 0 Å². The van der Waals surface area contributed by atoms with Gasteiger partial charge in [-0.05, 0) is 30.0 Å². The van der Waals surface area contributed by atoms with Crippen LogP contribution in [0.2, 0.25) is 0 Å². The molecule has 1 unspecified atom stereocenters. The van der Waals surface area contributed by atoms with E-state index in [-0.39, 0.29) is 18.3 Å². The maximum Gasteiger partial charge on any atom is 0.218 e. The van der Waals surface area contributed by atoms with Gasteiger partial charge in [-0.3, -0.25) is 0 Å². The molecule has 0 spiro atoms. The van der Waals surface area contributed by atoms with Crippen molar-refractivity contribution in [2.45, 2.75) is 12.2 Å². The highest BCUT2D eigenvalue weighted by Gasteiger charge is 2.30. The Hall–Kier alpha value is -1.11. The van der Waals surface area contributed by atoms with Crippen molar-refractivity contribution < 1.29 is 13.5 Å². The lowest BCUT2D eigenvalue weighted by Crippen LogP contribution is -2.30. The number of aliphatic hydroxyl groups excluding tert-OH is 1. The lowest BCUT2D eigenvalue weighted by molar-refractivity contribution is 0.233. The molecule has 18 heavy (non-hydrogen) atoms. The van der Waals surface area contributed by atoms with Gasteiger partial charge < -0.3 is 10.8 Å². The van der Waals surface area contributed by atoms with Gasteiger partial charge in [0.1, 0.15) is 0 Å². The summed E-state index contributed by atoms with van der Waals surface area (Å²) < 4.78 is 25.8. The first kappa shape index (κ1) is 13.3. The molecular weight excluding hydrogens is 252 g/mol. The minimum atomic E-state index is -3.29. The first-order valence-electron chi connectivity index (χ1n) is 5.94. The summed E-state index contributed by atoms with van der Waals surface area (Å²) in [7, 11) is -3.29. The van der Waals surface area contributed by atoms with E-state index in [1.165, 1.54) is 4.31 Å².